The summed E-state index contributed by atoms with van der Waals surface area (Å²) in [5, 5.41) is 3.65. The lowest BCUT2D eigenvalue weighted by Crippen LogP contribution is -2.30. The molecule has 47 heavy (non-hydrogen) atoms. The minimum absolute atomic E-state index is 0.0937. The molecule has 9 heteroatoms. The van der Waals surface area contributed by atoms with Crippen LogP contribution in [0.2, 0.25) is 0 Å². The maximum atomic E-state index is 14.0. The number of nitrogens with zero attached hydrogens (tertiary/aromatic N) is 2. The lowest BCUT2D eigenvalue weighted by molar-refractivity contribution is -0.137. The number of halogens is 3. The fraction of sp³-hybridized carbons (Fsp3) is 0.237. The van der Waals surface area contributed by atoms with Crippen LogP contribution >= 0.6 is 0 Å². The Kier molecular flexibility index (Phi) is 9.87. The van der Waals surface area contributed by atoms with Gasteiger partial charge in [-0.25, -0.2) is 8.42 Å². The predicted molar refractivity (Wildman–Crippen MR) is 179 cm³/mol. The van der Waals surface area contributed by atoms with E-state index in [0.29, 0.717) is 17.2 Å². The van der Waals surface area contributed by atoms with Crippen molar-refractivity contribution in [2.75, 3.05) is 0 Å². The van der Waals surface area contributed by atoms with Crippen LogP contribution in [0.4, 0.5) is 13.2 Å². The van der Waals surface area contributed by atoms with Gasteiger partial charge in [-0.1, -0.05) is 91.7 Å². The predicted octanol–water partition coefficient (Wildman–Crippen LogP) is 8.86. The molecule has 0 aliphatic heterocycles. The van der Waals surface area contributed by atoms with Crippen LogP contribution in [0.15, 0.2) is 126 Å². The molecule has 5 aromatic rings. The van der Waals surface area contributed by atoms with Crippen LogP contribution in [0, 0.1) is 0 Å². The van der Waals surface area contributed by atoms with Crippen molar-refractivity contribution in [3.8, 4) is 22.3 Å². The molecule has 5 nitrogen and oxygen atoms in total. The van der Waals surface area contributed by atoms with Crippen molar-refractivity contribution in [2.24, 2.45) is 0 Å². The van der Waals surface area contributed by atoms with Gasteiger partial charge in [-0.3, -0.25) is 4.98 Å². The second-order valence-electron chi connectivity index (χ2n) is 12.0. The summed E-state index contributed by atoms with van der Waals surface area (Å²) in [4.78, 5) is 4.25. The van der Waals surface area contributed by atoms with Gasteiger partial charge < -0.3 is 5.32 Å². The zero-order valence-electron chi connectivity index (χ0n) is 25.8. The van der Waals surface area contributed by atoms with E-state index >= 15 is 0 Å². The molecule has 4 aromatic carbocycles. The second kappa shape index (κ2) is 14.2. The number of pyridine rings is 1. The van der Waals surface area contributed by atoms with E-state index in [-0.39, 0.29) is 18.0 Å². The zero-order chi connectivity index (χ0) is 32.9. The van der Waals surface area contributed by atoms with E-state index in [0.717, 1.165) is 40.9 Å². The summed E-state index contributed by atoms with van der Waals surface area (Å²) in [6, 6.07) is 31.7. The zero-order valence-corrected chi connectivity index (χ0v) is 26.6. The first-order valence-electron chi connectivity index (χ1n) is 15.7. The quantitative estimate of drug-likeness (QED) is 0.154. The van der Waals surface area contributed by atoms with Crippen molar-refractivity contribution in [2.45, 2.75) is 62.4 Å². The van der Waals surface area contributed by atoms with Crippen molar-refractivity contribution >= 4 is 10.0 Å². The van der Waals surface area contributed by atoms with E-state index in [1.54, 1.807) is 30.6 Å². The lowest BCUT2D eigenvalue weighted by atomic mass is 10.0. The molecule has 0 radical (unpaired) electrons. The minimum atomic E-state index is -4.42. The molecule has 1 fully saturated rings. The number of nitrogens with one attached hydrogen (secondary N) is 1. The molecule has 0 bridgehead atoms. The summed E-state index contributed by atoms with van der Waals surface area (Å²) in [5.74, 6) is 0. The number of aromatic nitrogens is 1. The van der Waals surface area contributed by atoms with Gasteiger partial charge in [0.1, 0.15) is 0 Å². The first-order chi connectivity index (χ1) is 22.6. The molecule has 1 N–H and O–H groups in total. The van der Waals surface area contributed by atoms with Crippen LogP contribution < -0.4 is 5.32 Å². The van der Waals surface area contributed by atoms with Crippen LogP contribution in [0.3, 0.4) is 0 Å². The smallest absolute Gasteiger partial charge is 0.310 e. The maximum Gasteiger partial charge on any atom is 0.416 e. The largest absolute Gasteiger partial charge is 0.416 e. The Morgan fingerprint density at radius 3 is 1.72 bits per heavy atom. The monoisotopic (exact) mass is 655 g/mol. The van der Waals surface area contributed by atoms with Gasteiger partial charge in [-0.05, 0) is 82.1 Å². The summed E-state index contributed by atoms with van der Waals surface area (Å²) in [6.07, 6.45) is 3.98. The summed E-state index contributed by atoms with van der Waals surface area (Å²) >= 11 is 0. The number of rotatable bonds is 11. The average molecular weight is 656 g/mol. The Labute approximate surface area is 274 Å². The summed E-state index contributed by atoms with van der Waals surface area (Å²) < 4.78 is 68.3. The fourth-order valence-electron chi connectivity index (χ4n) is 5.95. The highest BCUT2D eigenvalue weighted by Crippen LogP contribution is 2.32. The van der Waals surface area contributed by atoms with Gasteiger partial charge in [0.25, 0.3) is 0 Å². The van der Waals surface area contributed by atoms with Gasteiger partial charge in [-0.15, -0.1) is 0 Å². The Balaban J connectivity index is 1.18. The van der Waals surface area contributed by atoms with Crippen molar-refractivity contribution in [1.82, 2.24) is 14.6 Å². The van der Waals surface area contributed by atoms with E-state index < -0.39 is 21.8 Å². The molecule has 1 aromatic heterocycles. The average Bonchev–Trinajstić information content (AvgIpc) is 3.62. The van der Waals surface area contributed by atoms with Crippen LogP contribution in [0.25, 0.3) is 22.3 Å². The molecule has 6 rings (SSSR count). The van der Waals surface area contributed by atoms with Crippen LogP contribution in [0.5, 0.6) is 0 Å². The summed E-state index contributed by atoms with van der Waals surface area (Å²) in [6.45, 7) is 1.13. The van der Waals surface area contributed by atoms with Gasteiger partial charge in [-0.2, -0.15) is 17.5 Å². The molecule has 1 heterocycles. The van der Waals surface area contributed by atoms with Gasteiger partial charge in [0.2, 0.25) is 10.0 Å². The number of alkyl halides is 3. The van der Waals surface area contributed by atoms with E-state index in [1.807, 2.05) is 30.3 Å². The number of hydrogen-bond acceptors (Lipinski definition) is 4. The van der Waals surface area contributed by atoms with Crippen molar-refractivity contribution < 1.29 is 21.6 Å². The molecule has 1 aliphatic rings. The SMILES string of the molecule is O=S(=O)(c1ccc(-c2ccc(C(F)(F)F)cc2)cc1)N(Cc1ccc(-c2ccc(CNC3CCCC3)cc2)cc1)Cc1cccnc1. The van der Waals surface area contributed by atoms with Gasteiger partial charge in [0.05, 0.1) is 10.5 Å². The Hall–Kier alpha value is -4.31. The van der Waals surface area contributed by atoms with Crippen LogP contribution in [-0.2, 0) is 35.8 Å². The number of hydrogen-bond donors (Lipinski definition) is 1. The highest BCUT2D eigenvalue weighted by molar-refractivity contribution is 7.89. The fourth-order valence-corrected chi connectivity index (χ4v) is 7.37. The number of benzene rings is 4. The van der Waals surface area contributed by atoms with Crippen molar-refractivity contribution in [3.05, 3.63) is 144 Å². The van der Waals surface area contributed by atoms with Gasteiger partial charge in [0, 0.05) is 38.1 Å². The first kappa shape index (κ1) is 32.6. The molecule has 1 aliphatic carbocycles. The molecule has 0 saturated heterocycles. The topological polar surface area (TPSA) is 62.3 Å². The molecule has 1 saturated carbocycles. The first-order valence-corrected chi connectivity index (χ1v) is 17.2. The Morgan fingerprint density at radius 1 is 0.681 bits per heavy atom. The third-order valence-electron chi connectivity index (χ3n) is 8.67. The molecule has 242 valence electrons. The number of sulfonamides is 1. The third-order valence-corrected chi connectivity index (χ3v) is 10.5. The molecular weight excluding hydrogens is 619 g/mol. The lowest BCUT2D eigenvalue weighted by Gasteiger charge is -2.23. The van der Waals surface area contributed by atoms with Gasteiger partial charge in [0.15, 0.2) is 0 Å². The normalized spacial score (nSPS) is 14.1. The van der Waals surface area contributed by atoms with Crippen LogP contribution in [0.1, 0.15) is 47.9 Å². The van der Waals surface area contributed by atoms with Crippen molar-refractivity contribution in [3.63, 3.8) is 0 Å². The standard InChI is InChI=1S/C38H36F3N3O2S/c39-38(40,41)35-19-15-33(16-20-35)34-17-21-37(22-18-34)47(45,46)44(27-30-4-3-23-42-24-30)26-29-9-13-32(14-10-29)31-11-7-28(8-12-31)25-43-36-5-1-2-6-36/h3-4,7-24,36,43H,1-2,5-6,25-27H2. The Bertz CT molecular complexity index is 1860. The molecular formula is C38H36F3N3O2S. The van der Waals surface area contributed by atoms with E-state index in [9.17, 15) is 21.6 Å². The molecule has 0 amide bonds. The second-order valence-corrected chi connectivity index (χ2v) is 13.9. The summed E-state index contributed by atoms with van der Waals surface area (Å²) in [5.41, 5.74) is 5.41. The highest BCUT2D eigenvalue weighted by atomic mass is 32.2. The van der Waals surface area contributed by atoms with Gasteiger partial charge >= 0.3 is 6.18 Å². The summed E-state index contributed by atoms with van der Waals surface area (Å²) in [7, 11) is -3.95. The van der Waals surface area contributed by atoms with E-state index in [2.05, 4.69) is 34.6 Å². The van der Waals surface area contributed by atoms with Crippen LogP contribution in [-0.4, -0.2) is 23.7 Å². The molecule has 0 unspecified atom stereocenters. The van der Waals surface area contributed by atoms with Crippen molar-refractivity contribution in [1.29, 1.82) is 0 Å². The molecule has 0 spiro atoms. The highest BCUT2D eigenvalue weighted by Gasteiger charge is 2.30. The Morgan fingerprint density at radius 2 is 1.19 bits per heavy atom. The molecule has 0 atom stereocenters. The third kappa shape index (κ3) is 8.16. The van der Waals surface area contributed by atoms with E-state index in [1.165, 1.54) is 59.8 Å². The maximum absolute atomic E-state index is 14.0. The van der Waals surface area contributed by atoms with E-state index in [4.69, 9.17) is 0 Å². The minimum Gasteiger partial charge on any atom is -0.310 e.